The van der Waals surface area contributed by atoms with Crippen LogP contribution in [0.15, 0.2) is 41.4 Å². The maximum Gasteiger partial charge on any atom is 0.267 e. The molecule has 0 bridgehead atoms. The highest BCUT2D eigenvalue weighted by molar-refractivity contribution is 6.47. The summed E-state index contributed by atoms with van der Waals surface area (Å²) in [5, 5.41) is 6.90. The summed E-state index contributed by atoms with van der Waals surface area (Å²) in [4.78, 5) is 40.7. The van der Waals surface area contributed by atoms with E-state index < -0.39 is 45.5 Å². The summed E-state index contributed by atoms with van der Waals surface area (Å²) in [5.74, 6) is -4.41. The van der Waals surface area contributed by atoms with E-state index in [1.807, 2.05) is 0 Å². The largest absolute Gasteiger partial charge is 0.367 e. The van der Waals surface area contributed by atoms with Gasteiger partial charge in [-0.2, -0.15) is 0 Å². The van der Waals surface area contributed by atoms with E-state index in [4.69, 9.17) is 17.3 Å². The number of halogens is 3. The van der Waals surface area contributed by atoms with Gasteiger partial charge in [0.1, 0.15) is 16.6 Å². The van der Waals surface area contributed by atoms with Crippen LogP contribution in [0.5, 0.6) is 0 Å². The molecule has 3 rings (SSSR count). The Balaban J connectivity index is 1.88. The van der Waals surface area contributed by atoms with Crippen LogP contribution < -0.4 is 21.7 Å². The number of hydrogen-bond acceptors (Lipinski definition) is 5. The molecule has 2 aromatic rings. The molecule has 11 heteroatoms. The van der Waals surface area contributed by atoms with E-state index in [9.17, 15) is 23.2 Å². The van der Waals surface area contributed by atoms with Gasteiger partial charge in [0.15, 0.2) is 11.4 Å². The standard InChI is InChI=1S/C19H16ClF2N5O3/c1-24-17(29)15-19(18(23)30,26-8-25-15)9-2-4-10(5-3-9)27-16(28)11-6-7-12(21)13(20)14(11)22/h2-7,26H,8H2,1H3,(H2,23,30)(H,24,29)(H,27,28). The van der Waals surface area contributed by atoms with Crippen molar-refractivity contribution in [2.24, 2.45) is 10.7 Å². The van der Waals surface area contributed by atoms with Gasteiger partial charge in [-0.25, -0.2) is 8.78 Å². The van der Waals surface area contributed by atoms with Gasteiger partial charge in [0.2, 0.25) is 5.91 Å². The number of carbonyl (C=O) groups is 3. The van der Waals surface area contributed by atoms with Crippen LogP contribution in [0.1, 0.15) is 15.9 Å². The van der Waals surface area contributed by atoms with E-state index >= 15 is 0 Å². The van der Waals surface area contributed by atoms with Gasteiger partial charge >= 0.3 is 0 Å². The van der Waals surface area contributed by atoms with E-state index in [-0.39, 0.29) is 18.1 Å². The smallest absolute Gasteiger partial charge is 0.267 e. The second kappa shape index (κ2) is 8.17. The molecule has 1 aliphatic heterocycles. The van der Waals surface area contributed by atoms with Crippen molar-refractivity contribution in [3.63, 3.8) is 0 Å². The van der Waals surface area contributed by atoms with Crippen molar-refractivity contribution in [2.45, 2.75) is 5.54 Å². The summed E-state index contributed by atoms with van der Waals surface area (Å²) < 4.78 is 27.3. The summed E-state index contributed by atoms with van der Waals surface area (Å²) in [6.07, 6.45) is 0. The quantitative estimate of drug-likeness (QED) is 0.528. The molecular weight excluding hydrogens is 420 g/mol. The number of primary amides is 1. The molecule has 3 amide bonds. The van der Waals surface area contributed by atoms with Gasteiger partial charge in [-0.1, -0.05) is 23.7 Å². The lowest BCUT2D eigenvalue weighted by atomic mass is 9.84. The fraction of sp³-hybridized carbons (Fsp3) is 0.158. The van der Waals surface area contributed by atoms with Gasteiger partial charge in [0.25, 0.3) is 11.8 Å². The van der Waals surface area contributed by atoms with Crippen LogP contribution in [0.2, 0.25) is 5.02 Å². The Kier molecular flexibility index (Phi) is 5.81. The molecule has 156 valence electrons. The summed E-state index contributed by atoms with van der Waals surface area (Å²) >= 11 is 5.49. The fourth-order valence-corrected chi connectivity index (χ4v) is 3.25. The molecule has 2 aromatic carbocycles. The van der Waals surface area contributed by atoms with Crippen LogP contribution in [0.4, 0.5) is 14.5 Å². The minimum absolute atomic E-state index is 0.00871. The number of amides is 3. The van der Waals surface area contributed by atoms with Crippen molar-refractivity contribution in [1.29, 1.82) is 0 Å². The van der Waals surface area contributed by atoms with E-state index in [1.54, 1.807) is 0 Å². The van der Waals surface area contributed by atoms with Crippen LogP contribution >= 0.6 is 11.6 Å². The SMILES string of the molecule is CNC(=O)C1=NCNC1(C(N)=O)c1ccc(NC(=O)c2ccc(F)c(Cl)c2F)cc1. The lowest BCUT2D eigenvalue weighted by molar-refractivity contribution is -0.123. The molecule has 0 saturated carbocycles. The van der Waals surface area contributed by atoms with Crippen molar-refractivity contribution in [1.82, 2.24) is 10.6 Å². The van der Waals surface area contributed by atoms with E-state index in [2.05, 4.69) is 20.9 Å². The Bertz CT molecular complexity index is 1070. The Hall–Kier alpha value is -3.37. The molecule has 1 aliphatic rings. The molecule has 30 heavy (non-hydrogen) atoms. The van der Waals surface area contributed by atoms with Gasteiger partial charge in [-0.3, -0.25) is 24.7 Å². The van der Waals surface area contributed by atoms with Crippen molar-refractivity contribution in [3.05, 3.63) is 64.2 Å². The normalized spacial score (nSPS) is 17.9. The molecule has 1 atom stereocenters. The highest BCUT2D eigenvalue weighted by Gasteiger charge is 2.49. The third kappa shape index (κ3) is 3.51. The number of nitrogens with two attached hydrogens (primary N) is 1. The Morgan fingerprint density at radius 3 is 2.40 bits per heavy atom. The topological polar surface area (TPSA) is 126 Å². The van der Waals surface area contributed by atoms with Gasteiger partial charge in [0.05, 0.1) is 12.2 Å². The van der Waals surface area contributed by atoms with Crippen molar-refractivity contribution >= 4 is 40.7 Å². The number of nitrogens with one attached hydrogen (secondary N) is 3. The zero-order valence-electron chi connectivity index (χ0n) is 15.6. The number of aliphatic imine (C=N–C) groups is 1. The second-order valence-corrected chi connectivity index (χ2v) is 6.67. The number of benzene rings is 2. The van der Waals surface area contributed by atoms with Crippen LogP contribution in [-0.2, 0) is 15.1 Å². The first-order chi connectivity index (χ1) is 14.2. The van der Waals surface area contributed by atoms with Crippen molar-refractivity contribution < 1.29 is 23.2 Å². The molecule has 0 spiro atoms. The van der Waals surface area contributed by atoms with Crippen molar-refractivity contribution in [3.8, 4) is 0 Å². The maximum absolute atomic E-state index is 14.0. The second-order valence-electron chi connectivity index (χ2n) is 6.29. The van der Waals surface area contributed by atoms with Crippen LogP contribution in [0, 0.1) is 11.6 Å². The van der Waals surface area contributed by atoms with E-state index in [0.717, 1.165) is 12.1 Å². The molecule has 0 fully saturated rings. The monoisotopic (exact) mass is 435 g/mol. The summed E-state index contributed by atoms with van der Waals surface area (Å²) in [7, 11) is 1.40. The van der Waals surface area contributed by atoms with Crippen LogP contribution in [0.3, 0.4) is 0 Å². The minimum Gasteiger partial charge on any atom is -0.367 e. The van der Waals surface area contributed by atoms with Gasteiger partial charge in [-0.15, -0.1) is 0 Å². The molecule has 8 nitrogen and oxygen atoms in total. The summed E-state index contributed by atoms with van der Waals surface area (Å²) in [5.41, 5.74) is 3.98. The number of rotatable bonds is 5. The summed E-state index contributed by atoms with van der Waals surface area (Å²) in [6.45, 7) is 0.00871. The third-order valence-electron chi connectivity index (χ3n) is 4.60. The van der Waals surface area contributed by atoms with Crippen LogP contribution in [0.25, 0.3) is 0 Å². The minimum atomic E-state index is -1.64. The predicted molar refractivity (Wildman–Crippen MR) is 106 cm³/mol. The third-order valence-corrected chi connectivity index (χ3v) is 4.95. The number of carbonyl (C=O) groups excluding carboxylic acids is 3. The molecule has 0 aliphatic carbocycles. The highest BCUT2D eigenvalue weighted by atomic mass is 35.5. The van der Waals surface area contributed by atoms with Gasteiger partial charge in [-0.05, 0) is 29.8 Å². The first kappa shape index (κ1) is 21.3. The van der Waals surface area contributed by atoms with Gasteiger partial charge in [0, 0.05) is 12.7 Å². The molecule has 0 radical (unpaired) electrons. The molecular formula is C19H16ClF2N5O3. The van der Waals surface area contributed by atoms with E-state index in [1.165, 1.54) is 31.3 Å². The Morgan fingerprint density at radius 1 is 1.13 bits per heavy atom. The average Bonchev–Trinajstić information content (AvgIpc) is 3.18. The number of anilines is 1. The maximum atomic E-state index is 14.0. The van der Waals surface area contributed by atoms with E-state index in [0.29, 0.717) is 5.56 Å². The Labute approximate surface area is 174 Å². The van der Waals surface area contributed by atoms with Crippen LogP contribution in [-0.4, -0.2) is 37.1 Å². The summed E-state index contributed by atoms with van der Waals surface area (Å²) in [6, 6.07) is 7.64. The Morgan fingerprint density at radius 2 is 1.80 bits per heavy atom. The zero-order valence-corrected chi connectivity index (χ0v) is 16.3. The predicted octanol–water partition coefficient (Wildman–Crippen LogP) is 1.30. The lowest BCUT2D eigenvalue weighted by Crippen LogP contribution is -2.58. The number of hydrogen-bond donors (Lipinski definition) is 4. The molecule has 0 saturated heterocycles. The molecule has 1 unspecified atom stereocenters. The average molecular weight is 436 g/mol. The lowest BCUT2D eigenvalue weighted by Gasteiger charge is -2.27. The first-order valence-electron chi connectivity index (χ1n) is 8.59. The molecule has 0 aromatic heterocycles. The zero-order chi connectivity index (χ0) is 22.1. The first-order valence-corrected chi connectivity index (χ1v) is 8.97. The molecule has 1 heterocycles. The van der Waals surface area contributed by atoms with Gasteiger partial charge < -0.3 is 16.4 Å². The van der Waals surface area contributed by atoms with Crippen molar-refractivity contribution in [2.75, 3.05) is 19.0 Å². The fourth-order valence-electron chi connectivity index (χ4n) is 3.09. The number of nitrogens with zero attached hydrogens (tertiary/aromatic N) is 1. The molecule has 5 N–H and O–H groups in total. The highest BCUT2D eigenvalue weighted by Crippen LogP contribution is 2.28.